The molecule has 13 heteroatoms. The van der Waals surface area contributed by atoms with E-state index >= 15 is 0 Å². The van der Waals surface area contributed by atoms with Crippen LogP contribution in [0.3, 0.4) is 0 Å². The Labute approximate surface area is 218 Å². The van der Waals surface area contributed by atoms with E-state index in [-0.39, 0.29) is 41.5 Å². The average Bonchev–Trinajstić information content (AvgIpc) is 3.52. The van der Waals surface area contributed by atoms with Crippen LogP contribution in [0.5, 0.6) is 0 Å². The number of aromatic nitrogens is 1. The first-order chi connectivity index (χ1) is 17.8. The maximum absolute atomic E-state index is 12.8. The molecule has 2 heterocycles. The largest absolute Gasteiger partial charge is 0.370 e. The minimum absolute atomic E-state index is 0.0504. The molecule has 1 fully saturated rings. The molecule has 37 heavy (non-hydrogen) atoms. The molecular formula is C24H32N8O4S. The summed E-state index contributed by atoms with van der Waals surface area (Å²) in [6, 6.07) is 5.85. The summed E-state index contributed by atoms with van der Waals surface area (Å²) in [4.78, 5) is 60.1. The van der Waals surface area contributed by atoms with E-state index in [0.29, 0.717) is 38.9 Å². The first-order valence-electron chi connectivity index (χ1n) is 11.9. The Morgan fingerprint density at radius 3 is 2.54 bits per heavy atom. The SMILES string of the molecule is NCc1ccc(CC(=O)N[C@H]2CCN(CC(=O)N[C@@H](CCCN=C(N)N)C(=O)c3nccs3)C2=O)cc1. The van der Waals surface area contributed by atoms with E-state index in [4.69, 9.17) is 17.2 Å². The van der Waals surface area contributed by atoms with Gasteiger partial charge in [-0.2, -0.15) is 0 Å². The Balaban J connectivity index is 1.51. The number of hydrogen-bond acceptors (Lipinski definition) is 8. The Morgan fingerprint density at radius 2 is 1.89 bits per heavy atom. The molecule has 1 aromatic carbocycles. The number of Topliss-reactive ketones (excluding diaryl/α,β-unsaturated/α-hetero) is 1. The molecule has 0 spiro atoms. The van der Waals surface area contributed by atoms with Gasteiger partial charge in [-0.25, -0.2) is 4.98 Å². The van der Waals surface area contributed by atoms with Gasteiger partial charge in [0.1, 0.15) is 6.04 Å². The lowest BCUT2D eigenvalue weighted by molar-refractivity contribution is -0.135. The summed E-state index contributed by atoms with van der Waals surface area (Å²) in [7, 11) is 0. The van der Waals surface area contributed by atoms with Gasteiger partial charge in [0.25, 0.3) is 0 Å². The fraction of sp³-hybridized carbons (Fsp3) is 0.417. The number of thiazole rings is 1. The van der Waals surface area contributed by atoms with Crippen molar-refractivity contribution >= 4 is 40.8 Å². The van der Waals surface area contributed by atoms with Gasteiger partial charge in [0.15, 0.2) is 11.0 Å². The van der Waals surface area contributed by atoms with Crippen LogP contribution in [-0.4, -0.2) is 71.1 Å². The van der Waals surface area contributed by atoms with E-state index in [2.05, 4.69) is 20.6 Å². The Kier molecular flexibility index (Phi) is 10.1. The number of nitrogens with zero attached hydrogens (tertiary/aromatic N) is 3. The van der Waals surface area contributed by atoms with Crippen LogP contribution in [0.4, 0.5) is 0 Å². The number of nitrogens with one attached hydrogen (secondary N) is 2. The van der Waals surface area contributed by atoms with Gasteiger partial charge in [-0.3, -0.25) is 24.2 Å². The lowest BCUT2D eigenvalue weighted by atomic mass is 10.1. The summed E-state index contributed by atoms with van der Waals surface area (Å²) in [5.74, 6) is -1.45. The second kappa shape index (κ2) is 13.5. The maximum Gasteiger partial charge on any atom is 0.245 e. The molecule has 3 amide bonds. The molecule has 0 saturated carbocycles. The molecule has 0 radical (unpaired) electrons. The number of rotatable bonds is 13. The van der Waals surface area contributed by atoms with Crippen LogP contribution >= 0.6 is 11.3 Å². The second-order valence-electron chi connectivity index (χ2n) is 8.64. The Morgan fingerprint density at radius 1 is 1.16 bits per heavy atom. The first kappa shape index (κ1) is 27.7. The number of guanidine groups is 1. The third-order valence-electron chi connectivity index (χ3n) is 5.83. The van der Waals surface area contributed by atoms with Gasteiger partial charge in [-0.15, -0.1) is 11.3 Å². The van der Waals surface area contributed by atoms with E-state index < -0.39 is 18.0 Å². The molecule has 198 valence electrons. The molecular weight excluding hydrogens is 496 g/mol. The summed E-state index contributed by atoms with van der Waals surface area (Å²) < 4.78 is 0. The van der Waals surface area contributed by atoms with E-state index in [9.17, 15) is 19.2 Å². The predicted molar refractivity (Wildman–Crippen MR) is 139 cm³/mol. The smallest absolute Gasteiger partial charge is 0.245 e. The Hall–Kier alpha value is -3.84. The number of amides is 3. The second-order valence-corrected chi connectivity index (χ2v) is 9.53. The van der Waals surface area contributed by atoms with Gasteiger partial charge in [-0.1, -0.05) is 24.3 Å². The van der Waals surface area contributed by atoms with Crippen molar-refractivity contribution in [2.45, 2.75) is 44.3 Å². The number of carbonyl (C=O) groups excluding carboxylic acids is 4. The number of benzene rings is 1. The number of nitrogens with two attached hydrogens (primary N) is 3. The monoisotopic (exact) mass is 528 g/mol. The minimum atomic E-state index is -0.827. The van der Waals surface area contributed by atoms with Crippen molar-refractivity contribution in [2.75, 3.05) is 19.6 Å². The maximum atomic E-state index is 12.8. The highest BCUT2D eigenvalue weighted by molar-refractivity contribution is 7.11. The summed E-state index contributed by atoms with van der Waals surface area (Å²) >= 11 is 1.18. The van der Waals surface area contributed by atoms with Crippen molar-refractivity contribution in [3.8, 4) is 0 Å². The molecule has 1 aliphatic heterocycles. The van der Waals surface area contributed by atoms with Crippen molar-refractivity contribution in [3.05, 3.63) is 52.0 Å². The normalized spacial score (nSPS) is 15.8. The van der Waals surface area contributed by atoms with Crippen molar-refractivity contribution in [3.63, 3.8) is 0 Å². The van der Waals surface area contributed by atoms with Crippen LogP contribution < -0.4 is 27.8 Å². The van der Waals surface area contributed by atoms with Gasteiger partial charge in [-0.05, 0) is 30.4 Å². The predicted octanol–water partition coefficient (Wildman–Crippen LogP) is -0.717. The molecule has 8 N–H and O–H groups in total. The molecule has 0 unspecified atom stereocenters. The molecule has 1 aromatic heterocycles. The lowest BCUT2D eigenvalue weighted by Crippen LogP contribution is -2.48. The molecule has 0 bridgehead atoms. The van der Waals surface area contributed by atoms with Crippen molar-refractivity contribution < 1.29 is 19.2 Å². The third-order valence-corrected chi connectivity index (χ3v) is 6.62. The van der Waals surface area contributed by atoms with E-state index in [1.165, 1.54) is 22.4 Å². The van der Waals surface area contributed by atoms with Crippen LogP contribution in [-0.2, 0) is 27.3 Å². The van der Waals surface area contributed by atoms with Crippen LogP contribution in [0.2, 0.25) is 0 Å². The van der Waals surface area contributed by atoms with Gasteiger partial charge < -0.3 is 32.7 Å². The molecule has 2 aromatic rings. The summed E-state index contributed by atoms with van der Waals surface area (Å²) in [6.45, 7) is 0.826. The van der Waals surface area contributed by atoms with Crippen molar-refractivity contribution in [1.82, 2.24) is 20.5 Å². The average molecular weight is 529 g/mol. The molecule has 1 saturated heterocycles. The number of aliphatic imine (C=N–C) groups is 1. The summed E-state index contributed by atoms with van der Waals surface area (Å²) in [6.07, 6.45) is 2.81. The van der Waals surface area contributed by atoms with Gasteiger partial charge in [0.2, 0.25) is 23.5 Å². The fourth-order valence-electron chi connectivity index (χ4n) is 3.93. The van der Waals surface area contributed by atoms with Crippen molar-refractivity contribution in [1.29, 1.82) is 0 Å². The molecule has 0 aliphatic carbocycles. The zero-order valence-electron chi connectivity index (χ0n) is 20.4. The zero-order chi connectivity index (χ0) is 26.8. The Bertz CT molecular complexity index is 1120. The van der Waals surface area contributed by atoms with Gasteiger partial charge in [0, 0.05) is 31.2 Å². The molecule has 3 rings (SSSR count). The zero-order valence-corrected chi connectivity index (χ0v) is 21.2. The number of hydrogen-bond donors (Lipinski definition) is 5. The number of carbonyl (C=O) groups is 4. The van der Waals surface area contributed by atoms with Crippen LogP contribution in [0.25, 0.3) is 0 Å². The number of likely N-dealkylation sites (tertiary alicyclic amines) is 1. The van der Waals surface area contributed by atoms with Crippen LogP contribution in [0, 0.1) is 0 Å². The molecule has 1 aliphatic rings. The quantitative estimate of drug-likeness (QED) is 0.0970. The highest BCUT2D eigenvalue weighted by Crippen LogP contribution is 2.14. The highest BCUT2D eigenvalue weighted by Gasteiger charge is 2.34. The van der Waals surface area contributed by atoms with Gasteiger partial charge in [0.05, 0.1) is 19.0 Å². The van der Waals surface area contributed by atoms with Crippen LogP contribution in [0.1, 0.15) is 40.2 Å². The first-order valence-corrected chi connectivity index (χ1v) is 12.8. The molecule has 2 atom stereocenters. The summed E-state index contributed by atoms with van der Waals surface area (Å²) in [5, 5.41) is 7.43. The molecule has 12 nitrogen and oxygen atoms in total. The highest BCUT2D eigenvalue weighted by atomic mass is 32.1. The van der Waals surface area contributed by atoms with E-state index in [1.54, 1.807) is 5.38 Å². The standard InChI is InChI=1S/C24H32N8O4S/c25-13-16-5-3-15(4-6-16)12-19(33)31-18-7-10-32(23(18)36)14-20(34)30-17(2-1-8-29-24(26)27)21(35)22-28-9-11-37-22/h3-6,9,11,17-18H,1-2,7-8,10,12-14,25H2,(H,30,34)(H,31,33)(H4,26,27,29)/t17-,18-/m0/s1. The fourth-order valence-corrected chi connectivity index (χ4v) is 4.56. The number of ketones is 1. The third kappa shape index (κ3) is 8.36. The lowest BCUT2D eigenvalue weighted by Gasteiger charge is -2.20. The van der Waals surface area contributed by atoms with Gasteiger partial charge >= 0.3 is 0 Å². The minimum Gasteiger partial charge on any atom is -0.370 e. The summed E-state index contributed by atoms with van der Waals surface area (Å²) in [5.41, 5.74) is 18.0. The van der Waals surface area contributed by atoms with Crippen LogP contribution in [0.15, 0.2) is 40.8 Å². The topological polar surface area (TPSA) is 199 Å². The van der Waals surface area contributed by atoms with E-state index in [0.717, 1.165) is 11.1 Å². The van der Waals surface area contributed by atoms with E-state index in [1.807, 2.05) is 24.3 Å². The van der Waals surface area contributed by atoms with Crippen molar-refractivity contribution in [2.24, 2.45) is 22.2 Å².